The van der Waals surface area contributed by atoms with Crippen molar-refractivity contribution < 1.29 is 9.53 Å². The van der Waals surface area contributed by atoms with Gasteiger partial charge in [0, 0.05) is 17.7 Å². The summed E-state index contributed by atoms with van der Waals surface area (Å²) in [6.45, 7) is 4.31. The number of benzene rings is 2. The molecule has 4 heteroatoms. The highest BCUT2D eigenvalue weighted by Gasteiger charge is 2.10. The van der Waals surface area contributed by atoms with Gasteiger partial charge in [-0.1, -0.05) is 36.8 Å². The number of rotatable bonds is 7. The molecule has 0 aromatic heterocycles. The maximum Gasteiger partial charge on any atom is 0.193 e. The molecule has 0 saturated carbocycles. The van der Waals surface area contributed by atoms with E-state index in [-0.39, 0.29) is 22.8 Å². The average molecular weight is 404 g/mol. The lowest BCUT2D eigenvalue weighted by atomic mass is 10.0. The number of carbonyl (C=O) groups excluding carboxylic acids is 1. The third-order valence-corrected chi connectivity index (χ3v) is 4.49. The Balaban J connectivity index is 0.00000225. The number of likely N-dealkylation sites (tertiary alicyclic amines) is 1. The molecule has 1 aliphatic rings. The van der Waals surface area contributed by atoms with Crippen molar-refractivity contribution in [3.05, 3.63) is 65.7 Å². The van der Waals surface area contributed by atoms with Crippen molar-refractivity contribution in [1.82, 2.24) is 4.90 Å². The van der Waals surface area contributed by atoms with Gasteiger partial charge in [-0.25, -0.2) is 0 Å². The summed E-state index contributed by atoms with van der Waals surface area (Å²) in [5.41, 5.74) is 1.41. The molecule has 0 bridgehead atoms. The van der Waals surface area contributed by atoms with Gasteiger partial charge in [-0.15, -0.1) is 17.0 Å². The van der Waals surface area contributed by atoms with E-state index in [9.17, 15) is 4.79 Å². The van der Waals surface area contributed by atoms with Crippen LogP contribution in [0.4, 0.5) is 0 Å². The van der Waals surface area contributed by atoms with Gasteiger partial charge >= 0.3 is 0 Å². The van der Waals surface area contributed by atoms with Gasteiger partial charge < -0.3 is 9.64 Å². The summed E-state index contributed by atoms with van der Waals surface area (Å²) in [4.78, 5) is 14.9. The molecule has 1 fully saturated rings. The van der Waals surface area contributed by atoms with E-state index in [0.717, 1.165) is 25.3 Å². The molecule has 25 heavy (non-hydrogen) atoms. The normalized spacial score (nSPS) is 14.6. The van der Waals surface area contributed by atoms with Crippen LogP contribution in [0.2, 0.25) is 0 Å². The molecule has 0 radical (unpaired) electrons. The number of carbonyl (C=O) groups is 1. The summed E-state index contributed by atoms with van der Waals surface area (Å²) in [5.74, 6) is 0.880. The summed E-state index contributed by atoms with van der Waals surface area (Å²) in [5, 5.41) is 0. The average Bonchev–Trinajstić information content (AvgIpc) is 2.67. The van der Waals surface area contributed by atoms with E-state index in [0.29, 0.717) is 11.1 Å². The van der Waals surface area contributed by atoms with Gasteiger partial charge in [-0.05, 0) is 56.6 Å². The van der Waals surface area contributed by atoms with Crippen molar-refractivity contribution in [2.45, 2.75) is 25.7 Å². The number of halogens is 1. The molecule has 0 spiro atoms. The highest BCUT2D eigenvalue weighted by atomic mass is 79.9. The minimum Gasteiger partial charge on any atom is -0.494 e. The molecule has 1 aliphatic heterocycles. The van der Waals surface area contributed by atoms with Crippen LogP contribution in [0.1, 0.15) is 41.6 Å². The maximum atomic E-state index is 12.3. The first-order valence-electron chi connectivity index (χ1n) is 8.88. The largest absolute Gasteiger partial charge is 0.494 e. The van der Waals surface area contributed by atoms with Crippen LogP contribution < -0.4 is 4.74 Å². The van der Waals surface area contributed by atoms with E-state index < -0.39 is 0 Å². The van der Waals surface area contributed by atoms with Crippen LogP contribution in [0, 0.1) is 0 Å². The molecule has 0 atom stereocenters. The van der Waals surface area contributed by atoms with Gasteiger partial charge in [0.2, 0.25) is 0 Å². The second-order valence-corrected chi connectivity index (χ2v) is 6.32. The molecule has 134 valence electrons. The highest BCUT2D eigenvalue weighted by Crippen LogP contribution is 2.16. The highest BCUT2D eigenvalue weighted by molar-refractivity contribution is 8.93. The van der Waals surface area contributed by atoms with Crippen LogP contribution in [0.25, 0.3) is 0 Å². The van der Waals surface area contributed by atoms with Crippen molar-refractivity contribution in [2.75, 3.05) is 26.2 Å². The number of hydrogen-bond donors (Lipinski definition) is 0. The molecule has 0 amide bonds. The van der Waals surface area contributed by atoms with E-state index in [1.54, 1.807) is 0 Å². The molecular formula is C21H26BrNO2. The van der Waals surface area contributed by atoms with Crippen LogP contribution in [0.3, 0.4) is 0 Å². The third kappa shape index (κ3) is 5.98. The van der Waals surface area contributed by atoms with E-state index in [2.05, 4.69) is 4.90 Å². The summed E-state index contributed by atoms with van der Waals surface area (Å²) < 4.78 is 5.80. The fraction of sp³-hybridized carbons (Fsp3) is 0.381. The third-order valence-electron chi connectivity index (χ3n) is 4.49. The van der Waals surface area contributed by atoms with E-state index >= 15 is 0 Å². The number of ether oxygens (including phenoxy) is 1. The molecule has 3 rings (SSSR count). The monoisotopic (exact) mass is 403 g/mol. The second kappa shape index (κ2) is 10.4. The Morgan fingerprint density at radius 2 is 1.52 bits per heavy atom. The molecule has 1 saturated heterocycles. The first-order valence-corrected chi connectivity index (χ1v) is 8.88. The fourth-order valence-electron chi connectivity index (χ4n) is 3.12. The van der Waals surface area contributed by atoms with Gasteiger partial charge in [0.05, 0.1) is 6.61 Å². The minimum absolute atomic E-state index is 0. The van der Waals surface area contributed by atoms with Crippen molar-refractivity contribution in [3.63, 3.8) is 0 Å². The van der Waals surface area contributed by atoms with Crippen LogP contribution in [0.5, 0.6) is 5.75 Å². The number of ketones is 1. The quantitative estimate of drug-likeness (QED) is 0.493. The van der Waals surface area contributed by atoms with Crippen LogP contribution >= 0.6 is 17.0 Å². The summed E-state index contributed by atoms with van der Waals surface area (Å²) in [6.07, 6.45) is 5.08. The standard InChI is InChI=1S/C21H25NO2.BrH/c23-21(18-8-3-1-4-9-18)19-10-12-20(13-11-19)24-17-7-16-22-14-5-2-6-15-22;/h1,3-4,8-13H,2,5-7,14-17H2;1H. The topological polar surface area (TPSA) is 29.5 Å². The first-order chi connectivity index (χ1) is 11.8. The molecule has 0 aliphatic carbocycles. The molecule has 3 nitrogen and oxygen atoms in total. The zero-order chi connectivity index (χ0) is 16.6. The maximum absolute atomic E-state index is 12.3. The van der Waals surface area contributed by atoms with Crippen molar-refractivity contribution in [3.8, 4) is 5.75 Å². The van der Waals surface area contributed by atoms with Crippen molar-refractivity contribution >= 4 is 22.8 Å². The smallest absolute Gasteiger partial charge is 0.193 e. The Morgan fingerprint density at radius 3 is 2.20 bits per heavy atom. The summed E-state index contributed by atoms with van der Waals surface area (Å²) >= 11 is 0. The molecule has 1 heterocycles. The molecular weight excluding hydrogens is 378 g/mol. The Bertz CT molecular complexity index is 637. The van der Waals surface area contributed by atoms with Gasteiger partial charge in [0.15, 0.2) is 5.78 Å². The lowest BCUT2D eigenvalue weighted by molar-refractivity contribution is 0.103. The van der Waals surface area contributed by atoms with Crippen LogP contribution in [0.15, 0.2) is 54.6 Å². The van der Waals surface area contributed by atoms with Crippen LogP contribution in [-0.2, 0) is 0 Å². The summed E-state index contributed by atoms with van der Waals surface area (Å²) in [6, 6.07) is 16.8. The summed E-state index contributed by atoms with van der Waals surface area (Å²) in [7, 11) is 0. The predicted octanol–water partition coefficient (Wildman–Crippen LogP) is 4.75. The van der Waals surface area contributed by atoms with E-state index in [1.165, 1.54) is 32.4 Å². The van der Waals surface area contributed by atoms with Crippen molar-refractivity contribution in [1.29, 1.82) is 0 Å². The Hall–Kier alpha value is -1.65. The van der Waals surface area contributed by atoms with Gasteiger partial charge in [-0.2, -0.15) is 0 Å². The van der Waals surface area contributed by atoms with Gasteiger partial charge in [-0.3, -0.25) is 4.79 Å². The predicted molar refractivity (Wildman–Crippen MR) is 107 cm³/mol. The Kier molecular flexibility index (Phi) is 8.16. The van der Waals surface area contributed by atoms with Crippen LogP contribution in [-0.4, -0.2) is 36.9 Å². The molecule has 2 aromatic rings. The second-order valence-electron chi connectivity index (χ2n) is 6.32. The number of piperidine rings is 1. The Morgan fingerprint density at radius 1 is 0.880 bits per heavy atom. The van der Waals surface area contributed by atoms with Gasteiger partial charge in [0.1, 0.15) is 5.75 Å². The van der Waals surface area contributed by atoms with E-state index in [4.69, 9.17) is 4.74 Å². The van der Waals surface area contributed by atoms with Gasteiger partial charge in [0.25, 0.3) is 0 Å². The van der Waals surface area contributed by atoms with E-state index in [1.807, 2.05) is 54.6 Å². The number of nitrogens with zero attached hydrogens (tertiary/aromatic N) is 1. The lowest BCUT2D eigenvalue weighted by Gasteiger charge is -2.26. The zero-order valence-corrected chi connectivity index (χ0v) is 16.2. The Labute approximate surface area is 160 Å². The SMILES string of the molecule is Br.O=C(c1ccccc1)c1ccc(OCCCN2CCCCC2)cc1. The molecule has 0 N–H and O–H groups in total. The van der Waals surface area contributed by atoms with Crippen molar-refractivity contribution in [2.24, 2.45) is 0 Å². The molecule has 2 aromatic carbocycles. The lowest BCUT2D eigenvalue weighted by Crippen LogP contribution is -2.31. The first kappa shape index (κ1) is 19.7. The minimum atomic E-state index is 0. The fourth-order valence-corrected chi connectivity index (χ4v) is 3.12. The molecule has 0 unspecified atom stereocenters. The zero-order valence-electron chi connectivity index (χ0n) is 14.5. The number of hydrogen-bond acceptors (Lipinski definition) is 3.